The number of nitrogens with zero attached hydrogens (tertiary/aromatic N) is 10. The third-order valence-electron chi connectivity index (χ3n) is 7.68. The third kappa shape index (κ3) is 5.45. The van der Waals surface area contributed by atoms with Crippen molar-refractivity contribution in [3.63, 3.8) is 0 Å². The molecule has 7 rings (SSSR count). The maximum atomic E-state index is 15.4. The number of alkyl halides is 3. The van der Waals surface area contributed by atoms with Crippen molar-refractivity contribution < 1.29 is 27.0 Å². The number of hydrogen-bond acceptors (Lipinski definition) is 8. The van der Waals surface area contributed by atoms with E-state index in [1.54, 1.807) is 23.1 Å². The first kappa shape index (κ1) is 29.5. The summed E-state index contributed by atoms with van der Waals surface area (Å²) in [5.41, 5.74) is 2.10. The van der Waals surface area contributed by atoms with E-state index in [-0.39, 0.29) is 39.6 Å². The zero-order valence-corrected chi connectivity index (χ0v) is 24.3. The van der Waals surface area contributed by atoms with Crippen molar-refractivity contribution in [2.24, 2.45) is 0 Å². The Morgan fingerprint density at radius 2 is 1.93 bits per heavy atom. The summed E-state index contributed by atoms with van der Waals surface area (Å²) in [7, 11) is 0. The number of hydrogen-bond donors (Lipinski definition) is 0. The maximum Gasteiger partial charge on any atom is 0.433 e. The molecular formula is C29H21ClF4N10O2. The molecule has 0 saturated heterocycles. The Morgan fingerprint density at radius 1 is 1.07 bits per heavy atom. The molecule has 5 aromatic heterocycles. The smallest absolute Gasteiger partial charge is 0.433 e. The van der Waals surface area contributed by atoms with Gasteiger partial charge in [0.05, 0.1) is 59.7 Å². The van der Waals surface area contributed by atoms with Crippen LogP contribution in [0.1, 0.15) is 28.7 Å². The van der Waals surface area contributed by atoms with Gasteiger partial charge in [0.1, 0.15) is 12.0 Å². The van der Waals surface area contributed by atoms with Crippen LogP contribution in [0.4, 0.5) is 17.6 Å². The van der Waals surface area contributed by atoms with Gasteiger partial charge in [-0.05, 0) is 58.3 Å². The lowest BCUT2D eigenvalue weighted by molar-refractivity contribution is -0.615. The summed E-state index contributed by atoms with van der Waals surface area (Å²) in [6.07, 6.45) is 4.32. The van der Waals surface area contributed by atoms with Gasteiger partial charge in [-0.3, -0.25) is 14.3 Å². The van der Waals surface area contributed by atoms with Crippen molar-refractivity contribution in [2.45, 2.75) is 31.8 Å². The van der Waals surface area contributed by atoms with E-state index in [4.69, 9.17) is 16.3 Å². The number of tetrazole rings is 1. The van der Waals surface area contributed by atoms with Crippen LogP contribution in [0.5, 0.6) is 0 Å². The second-order valence-corrected chi connectivity index (χ2v) is 10.8. The van der Waals surface area contributed by atoms with Crippen LogP contribution >= 0.6 is 11.6 Å². The lowest BCUT2D eigenvalue weighted by Gasteiger charge is -2.21. The van der Waals surface area contributed by atoms with Crippen LogP contribution in [0.3, 0.4) is 0 Å². The van der Waals surface area contributed by atoms with Crippen LogP contribution in [0.2, 0.25) is 5.02 Å². The van der Waals surface area contributed by atoms with Crippen molar-refractivity contribution in [1.29, 1.82) is 0 Å². The summed E-state index contributed by atoms with van der Waals surface area (Å²) in [6, 6.07) is 7.55. The zero-order valence-electron chi connectivity index (χ0n) is 23.5. The molecule has 1 unspecified atom stereocenters. The summed E-state index contributed by atoms with van der Waals surface area (Å²) < 4.78 is 66.2. The van der Waals surface area contributed by atoms with E-state index in [0.717, 1.165) is 23.5 Å². The van der Waals surface area contributed by atoms with Crippen LogP contribution in [0.25, 0.3) is 27.9 Å². The Balaban J connectivity index is 1.31. The highest BCUT2D eigenvalue weighted by atomic mass is 35.5. The predicted octanol–water partition coefficient (Wildman–Crippen LogP) is 4.59. The first-order chi connectivity index (χ1) is 22.2. The second-order valence-electron chi connectivity index (χ2n) is 10.4. The van der Waals surface area contributed by atoms with E-state index in [1.807, 2.05) is 0 Å². The van der Waals surface area contributed by atoms with Gasteiger partial charge in [0.25, 0.3) is 0 Å². The molecular weight excluding hydrogens is 632 g/mol. The monoisotopic (exact) mass is 652 g/mol. The Kier molecular flexibility index (Phi) is 7.44. The first-order valence-electron chi connectivity index (χ1n) is 13.8. The largest absolute Gasteiger partial charge is 0.618 e. The molecule has 0 spiro atoms. The topological polar surface area (TPSA) is 128 Å². The fourth-order valence-electron chi connectivity index (χ4n) is 5.41. The first-order valence-corrected chi connectivity index (χ1v) is 14.2. The molecule has 17 heteroatoms. The van der Waals surface area contributed by atoms with Crippen molar-refractivity contribution in [3.8, 4) is 27.9 Å². The Hall–Kier alpha value is -5.22. The molecule has 1 aliphatic rings. The molecule has 1 aliphatic heterocycles. The molecule has 0 fully saturated rings. The SMILES string of the molecule is [O-][n+]1cc(-c2c(-n3cnnn3)ccc(Cl)c2F)ccc1C(Cn1ncc2c1COCC2)n1cc(-c2ccnc(C(F)(F)F)c2)cn1. The average molecular weight is 653 g/mol. The lowest BCUT2D eigenvalue weighted by Crippen LogP contribution is -2.37. The minimum absolute atomic E-state index is 0.00493. The quantitative estimate of drug-likeness (QED) is 0.139. The van der Waals surface area contributed by atoms with Gasteiger partial charge in [0, 0.05) is 24.0 Å². The Bertz CT molecular complexity index is 2040. The minimum atomic E-state index is -4.63. The normalized spacial score (nSPS) is 13.9. The Morgan fingerprint density at radius 3 is 2.72 bits per heavy atom. The number of benzene rings is 1. The van der Waals surface area contributed by atoms with E-state index in [9.17, 15) is 18.4 Å². The molecule has 0 amide bonds. The van der Waals surface area contributed by atoms with Crippen LogP contribution in [-0.4, -0.2) is 51.4 Å². The Labute approximate surface area is 262 Å². The predicted molar refractivity (Wildman–Crippen MR) is 153 cm³/mol. The lowest BCUT2D eigenvalue weighted by atomic mass is 10.0. The number of rotatable bonds is 7. The van der Waals surface area contributed by atoms with Gasteiger partial charge in [-0.1, -0.05) is 11.6 Å². The van der Waals surface area contributed by atoms with E-state index in [0.29, 0.717) is 29.9 Å². The van der Waals surface area contributed by atoms with Gasteiger partial charge in [-0.2, -0.15) is 32.8 Å². The van der Waals surface area contributed by atoms with Crippen LogP contribution in [0.15, 0.2) is 73.7 Å². The van der Waals surface area contributed by atoms with Crippen molar-refractivity contribution in [2.75, 3.05) is 6.61 Å². The molecule has 6 aromatic rings. The molecule has 234 valence electrons. The van der Waals surface area contributed by atoms with Gasteiger partial charge in [-0.25, -0.2) is 4.39 Å². The molecule has 1 atom stereocenters. The summed E-state index contributed by atoms with van der Waals surface area (Å²) in [5.74, 6) is -0.769. The summed E-state index contributed by atoms with van der Waals surface area (Å²) in [4.78, 5) is 3.43. The fourth-order valence-corrected chi connectivity index (χ4v) is 5.57. The van der Waals surface area contributed by atoms with Crippen LogP contribution < -0.4 is 4.73 Å². The van der Waals surface area contributed by atoms with Crippen LogP contribution in [0, 0.1) is 11.0 Å². The highest BCUT2D eigenvalue weighted by Crippen LogP contribution is 2.34. The summed E-state index contributed by atoms with van der Waals surface area (Å²) >= 11 is 6.11. The standard InChI is InChI=1S/C29H21ClF4N10O2/c30-21-2-4-23(43-16-36-39-40-43)27(28(21)31)19-1-3-22(44(45)13-19)24(14-42-25-15-46-8-6-18(25)10-37-42)41-12-20(11-38-41)17-5-7-35-26(9-17)29(32,33)34/h1-5,7,9-13,16,24H,6,8,14-15H2. The molecule has 46 heavy (non-hydrogen) atoms. The zero-order chi connectivity index (χ0) is 32.0. The van der Waals surface area contributed by atoms with Gasteiger partial charge < -0.3 is 9.94 Å². The number of halogens is 5. The van der Waals surface area contributed by atoms with Gasteiger partial charge >= 0.3 is 6.18 Å². The average Bonchev–Trinajstić information content (AvgIpc) is 3.83. The minimum Gasteiger partial charge on any atom is -0.618 e. The van der Waals surface area contributed by atoms with Gasteiger partial charge in [-0.15, -0.1) is 5.10 Å². The number of ether oxygens (including phenoxy) is 1. The molecule has 0 radical (unpaired) electrons. The van der Waals surface area contributed by atoms with Crippen molar-refractivity contribution in [1.82, 2.24) is 44.8 Å². The number of fused-ring (bicyclic) bond motifs is 1. The van der Waals surface area contributed by atoms with Gasteiger partial charge in [0.15, 0.2) is 18.1 Å². The molecule has 1 aromatic carbocycles. The number of pyridine rings is 2. The maximum absolute atomic E-state index is 15.4. The summed E-state index contributed by atoms with van der Waals surface area (Å²) in [6.45, 7) is 1.02. The third-order valence-corrected chi connectivity index (χ3v) is 7.98. The van der Waals surface area contributed by atoms with Gasteiger partial charge in [0.2, 0.25) is 5.69 Å². The van der Waals surface area contributed by atoms with Crippen molar-refractivity contribution >= 4 is 11.6 Å². The van der Waals surface area contributed by atoms with E-state index in [2.05, 4.69) is 30.7 Å². The highest BCUT2D eigenvalue weighted by molar-refractivity contribution is 6.31. The van der Waals surface area contributed by atoms with E-state index in [1.165, 1.54) is 52.4 Å². The van der Waals surface area contributed by atoms with Crippen LogP contribution in [-0.2, 0) is 30.5 Å². The molecule has 12 nitrogen and oxygen atoms in total. The highest BCUT2D eigenvalue weighted by Gasteiger charge is 2.33. The van der Waals surface area contributed by atoms with E-state index < -0.39 is 23.7 Å². The molecule has 0 saturated carbocycles. The van der Waals surface area contributed by atoms with E-state index >= 15 is 4.39 Å². The second kappa shape index (κ2) is 11.6. The molecule has 0 aliphatic carbocycles. The molecule has 0 N–H and O–H groups in total. The fraction of sp³-hybridized carbons (Fsp3) is 0.207. The van der Waals surface area contributed by atoms with Crippen molar-refractivity contribution in [3.05, 3.63) is 112 Å². The summed E-state index contributed by atoms with van der Waals surface area (Å²) in [5, 5.41) is 33.6. The molecule has 0 bridgehead atoms. The number of aromatic nitrogens is 10. The molecule has 6 heterocycles.